The van der Waals surface area contributed by atoms with Gasteiger partial charge in [-0.25, -0.2) is 9.59 Å². The summed E-state index contributed by atoms with van der Waals surface area (Å²) in [4.78, 5) is 50.3. The van der Waals surface area contributed by atoms with Gasteiger partial charge in [-0.15, -0.1) is 0 Å². The van der Waals surface area contributed by atoms with Crippen molar-refractivity contribution in [2.24, 2.45) is 0 Å². The summed E-state index contributed by atoms with van der Waals surface area (Å²) in [5, 5.41) is 2.31. The molecule has 8 heteroatoms. The first-order valence-electron chi connectivity index (χ1n) is 5.83. The molecular weight excluding hydrogens is 278 g/mol. The van der Waals surface area contributed by atoms with E-state index in [0.717, 1.165) is 6.20 Å². The van der Waals surface area contributed by atoms with Crippen LogP contribution in [-0.4, -0.2) is 29.0 Å². The molecule has 1 aromatic heterocycles. The Morgan fingerprint density at radius 1 is 1.14 bits per heavy atom. The highest BCUT2D eigenvalue weighted by atomic mass is 16.5. The van der Waals surface area contributed by atoms with Crippen molar-refractivity contribution >= 4 is 17.6 Å². The van der Waals surface area contributed by atoms with Crippen LogP contribution in [0.15, 0.2) is 40.1 Å². The second-order valence-electron chi connectivity index (χ2n) is 3.98. The lowest BCUT2D eigenvalue weighted by molar-refractivity contribution is 0.0597. The van der Waals surface area contributed by atoms with Crippen molar-refractivity contribution in [2.45, 2.75) is 0 Å². The molecule has 21 heavy (non-hydrogen) atoms. The molecule has 2 rings (SSSR count). The molecule has 3 N–H and O–H groups in total. The maximum absolute atomic E-state index is 12.1. The number of anilines is 1. The van der Waals surface area contributed by atoms with Crippen LogP contribution in [0, 0.1) is 0 Å². The van der Waals surface area contributed by atoms with Crippen LogP contribution in [0.5, 0.6) is 0 Å². The van der Waals surface area contributed by atoms with Crippen LogP contribution in [-0.2, 0) is 4.74 Å². The minimum atomic E-state index is -0.748. The lowest BCUT2D eigenvalue weighted by atomic mass is 10.1. The van der Waals surface area contributed by atoms with E-state index in [2.05, 4.69) is 15.0 Å². The SMILES string of the molecule is COC(=O)c1ccccc1C(=O)Nc1c[nH]c(=O)[nH]c1=O. The van der Waals surface area contributed by atoms with Crippen LogP contribution >= 0.6 is 0 Å². The molecule has 0 saturated carbocycles. The standard InChI is InChI=1S/C13H11N3O5/c1-21-12(19)8-5-3-2-4-7(8)10(17)15-9-6-14-13(20)16-11(9)18/h2-6H,1H3,(H,15,17)(H2,14,16,18,20). The monoisotopic (exact) mass is 289 g/mol. The second kappa shape index (κ2) is 5.87. The lowest BCUT2D eigenvalue weighted by Gasteiger charge is -2.07. The third-order valence-electron chi connectivity index (χ3n) is 2.64. The van der Waals surface area contributed by atoms with Gasteiger partial charge in [-0.3, -0.25) is 14.6 Å². The number of hydrogen-bond acceptors (Lipinski definition) is 5. The van der Waals surface area contributed by atoms with Gasteiger partial charge in [0.1, 0.15) is 5.69 Å². The highest BCUT2D eigenvalue weighted by molar-refractivity contribution is 6.10. The van der Waals surface area contributed by atoms with Gasteiger partial charge in [0, 0.05) is 6.20 Å². The molecule has 8 nitrogen and oxygen atoms in total. The van der Waals surface area contributed by atoms with Crippen molar-refractivity contribution in [1.29, 1.82) is 0 Å². The maximum Gasteiger partial charge on any atom is 0.338 e. The topological polar surface area (TPSA) is 121 Å². The third kappa shape index (κ3) is 3.06. The Morgan fingerprint density at radius 2 is 1.81 bits per heavy atom. The fourth-order valence-electron chi connectivity index (χ4n) is 1.66. The van der Waals surface area contributed by atoms with Crippen LogP contribution in [0.4, 0.5) is 5.69 Å². The molecule has 0 aliphatic rings. The Kier molecular flexibility index (Phi) is 3.98. The van der Waals surface area contributed by atoms with E-state index in [0.29, 0.717) is 0 Å². The summed E-state index contributed by atoms with van der Waals surface area (Å²) in [5.41, 5.74) is -1.46. The minimum absolute atomic E-state index is 0.0509. The molecule has 108 valence electrons. The molecular formula is C13H11N3O5. The Labute approximate surface area is 117 Å². The average molecular weight is 289 g/mol. The molecule has 1 amide bonds. The Hall–Kier alpha value is -3.16. The average Bonchev–Trinajstić information content (AvgIpc) is 2.49. The fourth-order valence-corrected chi connectivity index (χ4v) is 1.66. The summed E-state index contributed by atoms with van der Waals surface area (Å²) in [7, 11) is 1.20. The summed E-state index contributed by atoms with van der Waals surface area (Å²) in [5.74, 6) is -1.34. The highest BCUT2D eigenvalue weighted by Gasteiger charge is 2.17. The van der Waals surface area contributed by atoms with E-state index in [4.69, 9.17) is 0 Å². The van der Waals surface area contributed by atoms with Crippen LogP contribution in [0.2, 0.25) is 0 Å². The number of H-pyrrole nitrogens is 2. The van der Waals surface area contributed by atoms with E-state index >= 15 is 0 Å². The van der Waals surface area contributed by atoms with Crippen molar-refractivity contribution < 1.29 is 14.3 Å². The number of esters is 1. The van der Waals surface area contributed by atoms with Gasteiger partial charge in [-0.1, -0.05) is 12.1 Å². The normalized spacial score (nSPS) is 9.95. The number of benzene rings is 1. The zero-order valence-electron chi connectivity index (χ0n) is 10.9. The van der Waals surface area contributed by atoms with Crippen molar-refractivity contribution in [3.63, 3.8) is 0 Å². The fraction of sp³-hybridized carbons (Fsp3) is 0.0769. The minimum Gasteiger partial charge on any atom is -0.465 e. The molecule has 0 spiro atoms. The van der Waals surface area contributed by atoms with Gasteiger partial charge in [0.2, 0.25) is 0 Å². The Bertz CT molecular complexity index is 806. The molecule has 2 aromatic rings. The van der Waals surface area contributed by atoms with E-state index in [1.54, 1.807) is 12.1 Å². The van der Waals surface area contributed by atoms with E-state index in [1.165, 1.54) is 19.2 Å². The number of rotatable bonds is 3. The quantitative estimate of drug-likeness (QED) is 0.692. The number of hydrogen-bond donors (Lipinski definition) is 3. The van der Waals surface area contributed by atoms with Crippen LogP contribution in [0.3, 0.4) is 0 Å². The summed E-state index contributed by atoms with van der Waals surface area (Å²) in [6.07, 6.45) is 1.07. The number of nitrogens with one attached hydrogen (secondary N) is 3. The van der Waals surface area contributed by atoms with Crippen molar-refractivity contribution in [3.05, 3.63) is 62.4 Å². The summed E-state index contributed by atoms with van der Waals surface area (Å²) in [6, 6.07) is 5.99. The predicted octanol–water partition coefficient (Wildman–Crippen LogP) is 0.102. The molecule has 0 aliphatic heterocycles. The first-order valence-corrected chi connectivity index (χ1v) is 5.83. The highest BCUT2D eigenvalue weighted by Crippen LogP contribution is 2.11. The van der Waals surface area contributed by atoms with Crippen molar-refractivity contribution in [1.82, 2.24) is 9.97 Å². The first-order chi connectivity index (χ1) is 10.0. The van der Waals surface area contributed by atoms with E-state index in [-0.39, 0.29) is 16.8 Å². The largest absolute Gasteiger partial charge is 0.465 e. The Morgan fingerprint density at radius 3 is 2.43 bits per heavy atom. The number of carbonyl (C=O) groups is 2. The second-order valence-corrected chi connectivity index (χ2v) is 3.98. The summed E-state index contributed by atoms with van der Waals surface area (Å²) in [6.45, 7) is 0. The van der Waals surface area contributed by atoms with E-state index in [1.807, 2.05) is 4.98 Å². The van der Waals surface area contributed by atoms with E-state index in [9.17, 15) is 19.2 Å². The van der Waals surface area contributed by atoms with Gasteiger partial charge in [-0.05, 0) is 12.1 Å². The first kappa shape index (κ1) is 14.3. The molecule has 0 fully saturated rings. The lowest BCUT2D eigenvalue weighted by Crippen LogP contribution is -2.27. The molecule has 0 bridgehead atoms. The molecule has 1 heterocycles. The predicted molar refractivity (Wildman–Crippen MR) is 73.4 cm³/mol. The number of amides is 1. The number of methoxy groups -OCH3 is 1. The van der Waals surface area contributed by atoms with Gasteiger partial charge < -0.3 is 15.0 Å². The Balaban J connectivity index is 2.35. The zero-order chi connectivity index (χ0) is 15.4. The maximum atomic E-state index is 12.1. The smallest absolute Gasteiger partial charge is 0.338 e. The number of carbonyl (C=O) groups excluding carboxylic acids is 2. The number of aromatic amines is 2. The van der Waals surface area contributed by atoms with Gasteiger partial charge in [-0.2, -0.15) is 0 Å². The van der Waals surface area contributed by atoms with Gasteiger partial charge in [0.15, 0.2) is 0 Å². The molecule has 0 saturated heterocycles. The van der Waals surface area contributed by atoms with Gasteiger partial charge in [0.05, 0.1) is 18.2 Å². The zero-order valence-corrected chi connectivity index (χ0v) is 10.9. The number of ether oxygens (including phenoxy) is 1. The molecule has 0 radical (unpaired) electrons. The van der Waals surface area contributed by atoms with Gasteiger partial charge >= 0.3 is 11.7 Å². The third-order valence-corrected chi connectivity index (χ3v) is 2.64. The van der Waals surface area contributed by atoms with Crippen molar-refractivity contribution in [2.75, 3.05) is 12.4 Å². The molecule has 0 unspecified atom stereocenters. The van der Waals surface area contributed by atoms with Crippen LogP contribution < -0.4 is 16.6 Å². The summed E-state index contributed by atoms with van der Waals surface area (Å²) >= 11 is 0. The number of aromatic nitrogens is 2. The van der Waals surface area contributed by atoms with E-state index < -0.39 is 23.1 Å². The van der Waals surface area contributed by atoms with Crippen molar-refractivity contribution in [3.8, 4) is 0 Å². The van der Waals surface area contributed by atoms with Gasteiger partial charge in [0.25, 0.3) is 11.5 Å². The summed E-state index contributed by atoms with van der Waals surface area (Å²) < 4.78 is 4.58. The molecule has 0 atom stereocenters. The van der Waals surface area contributed by atoms with Crippen LogP contribution in [0.25, 0.3) is 0 Å². The van der Waals surface area contributed by atoms with Crippen LogP contribution in [0.1, 0.15) is 20.7 Å². The molecule has 0 aliphatic carbocycles. The molecule has 1 aromatic carbocycles.